The average molecular weight is 300 g/mol. The van der Waals surface area contributed by atoms with E-state index in [-0.39, 0.29) is 5.03 Å². The monoisotopic (exact) mass is 300 g/mol. The lowest BCUT2D eigenvalue weighted by atomic mass is 9.96. The standard InChI is InChI=1S/C13H24N4O2S/c1-3-17-10-13(16-11(17)2)20(18,19)15-8-6-12-5-4-7-14-9-12/h10,12,14-15H,3-9H2,1-2H3. The van der Waals surface area contributed by atoms with Crippen LogP contribution in [-0.4, -0.2) is 37.6 Å². The molecule has 2 N–H and O–H groups in total. The molecule has 1 fully saturated rings. The third kappa shape index (κ3) is 3.80. The van der Waals surface area contributed by atoms with Gasteiger partial charge in [-0.2, -0.15) is 0 Å². The van der Waals surface area contributed by atoms with Gasteiger partial charge in [-0.3, -0.25) is 0 Å². The maximum Gasteiger partial charge on any atom is 0.259 e. The average Bonchev–Trinajstić information content (AvgIpc) is 2.82. The van der Waals surface area contributed by atoms with E-state index in [2.05, 4.69) is 15.0 Å². The molecule has 1 aliphatic rings. The second kappa shape index (κ2) is 6.69. The van der Waals surface area contributed by atoms with Crippen molar-refractivity contribution in [1.29, 1.82) is 0 Å². The van der Waals surface area contributed by atoms with Crippen LogP contribution in [0.3, 0.4) is 0 Å². The number of piperidine rings is 1. The fourth-order valence-corrected chi connectivity index (χ4v) is 3.62. The van der Waals surface area contributed by atoms with E-state index in [1.54, 1.807) is 6.20 Å². The summed E-state index contributed by atoms with van der Waals surface area (Å²) in [7, 11) is -3.48. The quantitative estimate of drug-likeness (QED) is 0.818. The maximum atomic E-state index is 12.2. The Hall–Kier alpha value is -0.920. The van der Waals surface area contributed by atoms with Gasteiger partial charge >= 0.3 is 0 Å². The lowest BCUT2D eigenvalue weighted by Gasteiger charge is -2.22. The Labute approximate surface area is 121 Å². The molecule has 114 valence electrons. The first-order valence-corrected chi connectivity index (χ1v) is 8.75. The molecule has 2 heterocycles. The molecule has 0 aliphatic carbocycles. The summed E-state index contributed by atoms with van der Waals surface area (Å²) in [6.45, 7) is 7.06. The highest BCUT2D eigenvalue weighted by molar-refractivity contribution is 7.89. The van der Waals surface area contributed by atoms with E-state index in [1.807, 2.05) is 18.4 Å². The van der Waals surface area contributed by atoms with Crippen LogP contribution < -0.4 is 10.0 Å². The molecule has 1 atom stereocenters. The number of imidazole rings is 1. The molecular weight excluding hydrogens is 276 g/mol. The lowest BCUT2D eigenvalue weighted by Crippen LogP contribution is -2.33. The van der Waals surface area contributed by atoms with Crippen LogP contribution in [0.15, 0.2) is 11.2 Å². The molecule has 2 rings (SSSR count). The zero-order valence-corrected chi connectivity index (χ0v) is 13.0. The molecular formula is C13H24N4O2S. The van der Waals surface area contributed by atoms with Crippen molar-refractivity contribution in [1.82, 2.24) is 19.6 Å². The molecule has 1 aromatic heterocycles. The molecule has 7 heteroatoms. The van der Waals surface area contributed by atoms with Crippen molar-refractivity contribution in [2.24, 2.45) is 5.92 Å². The lowest BCUT2D eigenvalue weighted by molar-refractivity contribution is 0.358. The molecule has 20 heavy (non-hydrogen) atoms. The largest absolute Gasteiger partial charge is 0.334 e. The van der Waals surface area contributed by atoms with Gasteiger partial charge in [-0.1, -0.05) is 0 Å². The Morgan fingerprint density at radius 1 is 1.55 bits per heavy atom. The first-order valence-electron chi connectivity index (χ1n) is 7.27. The van der Waals surface area contributed by atoms with Crippen LogP contribution in [0.2, 0.25) is 0 Å². The van der Waals surface area contributed by atoms with Crippen molar-refractivity contribution >= 4 is 10.0 Å². The summed E-state index contributed by atoms with van der Waals surface area (Å²) in [5, 5.41) is 3.46. The molecule has 0 bridgehead atoms. The number of nitrogens with one attached hydrogen (secondary N) is 2. The minimum atomic E-state index is -3.48. The Morgan fingerprint density at radius 2 is 2.35 bits per heavy atom. The van der Waals surface area contributed by atoms with Gasteiger partial charge in [0.05, 0.1) is 0 Å². The van der Waals surface area contributed by atoms with Crippen molar-refractivity contribution < 1.29 is 8.42 Å². The van der Waals surface area contributed by atoms with Gasteiger partial charge < -0.3 is 9.88 Å². The van der Waals surface area contributed by atoms with E-state index in [0.29, 0.717) is 12.5 Å². The van der Waals surface area contributed by atoms with E-state index >= 15 is 0 Å². The Balaban J connectivity index is 1.89. The number of aromatic nitrogens is 2. The topological polar surface area (TPSA) is 76.0 Å². The van der Waals surface area contributed by atoms with Gasteiger partial charge in [-0.05, 0) is 52.1 Å². The zero-order chi connectivity index (χ0) is 14.6. The third-order valence-corrected chi connectivity index (χ3v) is 5.15. The van der Waals surface area contributed by atoms with Gasteiger partial charge in [-0.25, -0.2) is 18.1 Å². The number of sulfonamides is 1. The van der Waals surface area contributed by atoms with Crippen molar-refractivity contribution in [3.8, 4) is 0 Å². The van der Waals surface area contributed by atoms with Crippen molar-refractivity contribution in [3.05, 3.63) is 12.0 Å². The van der Waals surface area contributed by atoms with Crippen LogP contribution in [0.5, 0.6) is 0 Å². The SMILES string of the molecule is CCn1cc(S(=O)(=O)NCCC2CCCNC2)nc1C. The maximum absolute atomic E-state index is 12.2. The summed E-state index contributed by atoms with van der Waals surface area (Å²) in [6.07, 6.45) is 4.83. The molecule has 0 aromatic carbocycles. The first kappa shape index (κ1) is 15.5. The predicted molar refractivity (Wildman–Crippen MR) is 78.0 cm³/mol. The number of aryl methyl sites for hydroxylation is 2. The van der Waals surface area contributed by atoms with Crippen LogP contribution in [0.25, 0.3) is 0 Å². The van der Waals surface area contributed by atoms with Gasteiger partial charge in [0.15, 0.2) is 5.03 Å². The zero-order valence-electron chi connectivity index (χ0n) is 12.2. The molecule has 0 spiro atoms. The first-order chi connectivity index (χ1) is 9.53. The fourth-order valence-electron chi connectivity index (χ4n) is 2.57. The highest BCUT2D eigenvalue weighted by Crippen LogP contribution is 2.14. The molecule has 1 unspecified atom stereocenters. The second-order valence-corrected chi connectivity index (χ2v) is 7.03. The van der Waals surface area contributed by atoms with Crippen LogP contribution in [0, 0.1) is 12.8 Å². The molecule has 1 aliphatic heterocycles. The summed E-state index contributed by atoms with van der Waals surface area (Å²) in [5.41, 5.74) is 0. The molecule has 1 aromatic rings. The Bertz CT molecular complexity index is 533. The van der Waals surface area contributed by atoms with Gasteiger partial charge in [-0.15, -0.1) is 0 Å². The molecule has 0 radical (unpaired) electrons. The van der Waals surface area contributed by atoms with E-state index < -0.39 is 10.0 Å². The van der Waals surface area contributed by atoms with Crippen LogP contribution in [-0.2, 0) is 16.6 Å². The minimum absolute atomic E-state index is 0.124. The summed E-state index contributed by atoms with van der Waals surface area (Å²) in [5.74, 6) is 1.30. The Morgan fingerprint density at radius 3 is 2.95 bits per heavy atom. The van der Waals surface area contributed by atoms with Gasteiger partial charge in [0.25, 0.3) is 10.0 Å². The van der Waals surface area contributed by atoms with E-state index in [0.717, 1.165) is 31.9 Å². The Kier molecular flexibility index (Phi) is 5.17. The number of nitrogens with zero attached hydrogens (tertiary/aromatic N) is 2. The molecule has 1 saturated heterocycles. The van der Waals surface area contributed by atoms with Crippen molar-refractivity contribution in [2.75, 3.05) is 19.6 Å². The summed E-state index contributed by atoms with van der Waals surface area (Å²) in [6, 6.07) is 0. The summed E-state index contributed by atoms with van der Waals surface area (Å²) < 4.78 is 28.8. The van der Waals surface area contributed by atoms with Crippen LogP contribution in [0.4, 0.5) is 0 Å². The van der Waals surface area contributed by atoms with E-state index in [9.17, 15) is 8.42 Å². The van der Waals surface area contributed by atoms with Gasteiger partial charge in [0.2, 0.25) is 0 Å². The van der Waals surface area contributed by atoms with Gasteiger partial charge in [0, 0.05) is 19.3 Å². The summed E-state index contributed by atoms with van der Waals surface area (Å²) in [4.78, 5) is 4.12. The molecule has 0 saturated carbocycles. The van der Waals surface area contributed by atoms with Gasteiger partial charge in [0.1, 0.15) is 5.82 Å². The third-order valence-electron chi connectivity index (χ3n) is 3.81. The predicted octanol–water partition coefficient (Wildman–Crippen LogP) is 0.879. The molecule has 6 nitrogen and oxygen atoms in total. The highest BCUT2D eigenvalue weighted by atomic mass is 32.2. The number of hydrogen-bond acceptors (Lipinski definition) is 4. The fraction of sp³-hybridized carbons (Fsp3) is 0.769. The van der Waals surface area contributed by atoms with E-state index in [1.165, 1.54) is 12.8 Å². The smallest absolute Gasteiger partial charge is 0.259 e. The van der Waals surface area contributed by atoms with Crippen molar-refractivity contribution in [2.45, 2.75) is 44.7 Å². The van der Waals surface area contributed by atoms with E-state index in [4.69, 9.17) is 0 Å². The minimum Gasteiger partial charge on any atom is -0.334 e. The summed E-state index contributed by atoms with van der Waals surface area (Å²) >= 11 is 0. The van der Waals surface area contributed by atoms with Crippen molar-refractivity contribution in [3.63, 3.8) is 0 Å². The van der Waals surface area contributed by atoms with Crippen LogP contribution in [0.1, 0.15) is 32.0 Å². The highest BCUT2D eigenvalue weighted by Gasteiger charge is 2.19. The normalized spacial score (nSPS) is 20.2. The number of rotatable bonds is 6. The molecule has 0 amide bonds. The van der Waals surface area contributed by atoms with Crippen LogP contribution >= 0.6 is 0 Å². The second-order valence-electron chi connectivity index (χ2n) is 5.31. The number of hydrogen-bond donors (Lipinski definition) is 2.